The minimum absolute atomic E-state index is 0.296. The smallest absolute Gasteiger partial charge is 0.226 e. The lowest BCUT2D eigenvalue weighted by Crippen LogP contribution is -2.22. The highest BCUT2D eigenvalue weighted by Gasteiger charge is 2.14. The van der Waals surface area contributed by atoms with Crippen molar-refractivity contribution < 1.29 is 14.7 Å². The first-order chi connectivity index (χ1) is 7.83. The van der Waals surface area contributed by atoms with Gasteiger partial charge in [0.1, 0.15) is 11.4 Å². The maximum atomic E-state index is 11.5. The van der Waals surface area contributed by atoms with Crippen LogP contribution in [-0.4, -0.2) is 21.8 Å². The summed E-state index contributed by atoms with van der Waals surface area (Å²) in [6.07, 6.45) is 0. The maximum absolute atomic E-state index is 11.5. The van der Waals surface area contributed by atoms with Crippen LogP contribution in [0.4, 0.5) is 0 Å². The van der Waals surface area contributed by atoms with Crippen molar-refractivity contribution in [1.29, 1.82) is 0 Å². The average Bonchev–Trinajstić information content (AvgIpc) is 2.26. The number of oxime groups is 1. The summed E-state index contributed by atoms with van der Waals surface area (Å²) < 4.78 is 5.60. The monoisotopic (exact) mass is 255 g/mol. The predicted molar refractivity (Wildman–Crippen MR) is 66.2 cm³/mol. The number of Topliss-reactive ketones (excluding diaryl/α,β-unsaturated/α-hetero) is 1. The molecular weight excluding hydrogens is 242 g/mol. The number of halogens is 1. The van der Waals surface area contributed by atoms with Crippen LogP contribution in [0.15, 0.2) is 29.4 Å². The van der Waals surface area contributed by atoms with Crippen molar-refractivity contribution in [2.24, 2.45) is 5.16 Å². The molecule has 1 rings (SSSR count). The summed E-state index contributed by atoms with van der Waals surface area (Å²) in [7, 11) is 0. The van der Waals surface area contributed by atoms with E-state index < -0.39 is 11.0 Å². The van der Waals surface area contributed by atoms with Gasteiger partial charge in [-0.3, -0.25) is 4.79 Å². The largest absolute Gasteiger partial charge is 0.488 e. The third-order valence-corrected chi connectivity index (χ3v) is 2.06. The van der Waals surface area contributed by atoms with Gasteiger partial charge in [0.2, 0.25) is 11.0 Å². The van der Waals surface area contributed by atoms with Gasteiger partial charge in [0, 0.05) is 5.56 Å². The molecule has 0 unspecified atom stereocenters. The highest BCUT2D eigenvalue weighted by atomic mass is 35.5. The normalized spacial score (nSPS) is 12.4. The number of hydrogen-bond acceptors (Lipinski definition) is 4. The van der Waals surface area contributed by atoms with Crippen molar-refractivity contribution in [3.8, 4) is 5.75 Å². The Balaban J connectivity index is 2.85. The second-order valence-electron chi connectivity index (χ2n) is 4.46. The Morgan fingerprint density at radius 1 is 1.29 bits per heavy atom. The molecule has 0 aromatic heterocycles. The van der Waals surface area contributed by atoms with Gasteiger partial charge in [-0.2, -0.15) is 0 Å². The van der Waals surface area contributed by atoms with E-state index in [1.165, 1.54) is 0 Å². The number of ketones is 1. The molecule has 0 radical (unpaired) electrons. The fourth-order valence-corrected chi connectivity index (χ4v) is 1.30. The van der Waals surface area contributed by atoms with E-state index >= 15 is 0 Å². The molecule has 5 heteroatoms. The third-order valence-electron chi connectivity index (χ3n) is 1.82. The molecule has 1 N–H and O–H groups in total. The number of hydrogen-bond donors (Lipinski definition) is 1. The number of rotatable bonds is 3. The summed E-state index contributed by atoms with van der Waals surface area (Å²) in [4.78, 5) is 11.5. The minimum Gasteiger partial charge on any atom is -0.488 e. The molecule has 0 spiro atoms. The summed E-state index contributed by atoms with van der Waals surface area (Å²) in [6.45, 7) is 5.80. The molecule has 0 aliphatic heterocycles. The topological polar surface area (TPSA) is 58.9 Å². The lowest BCUT2D eigenvalue weighted by Gasteiger charge is -2.21. The number of carbonyl (C=O) groups is 1. The highest BCUT2D eigenvalue weighted by Crippen LogP contribution is 2.19. The zero-order chi connectivity index (χ0) is 13.1. The molecule has 0 atom stereocenters. The van der Waals surface area contributed by atoms with Crippen molar-refractivity contribution in [2.45, 2.75) is 26.4 Å². The van der Waals surface area contributed by atoms with Crippen LogP contribution >= 0.6 is 11.6 Å². The van der Waals surface area contributed by atoms with Crippen LogP contribution in [-0.2, 0) is 0 Å². The van der Waals surface area contributed by atoms with Gasteiger partial charge in [-0.15, -0.1) is 0 Å². The molecule has 0 aliphatic carbocycles. The summed E-state index contributed by atoms with van der Waals surface area (Å²) in [5, 5.41) is 10.6. The third kappa shape index (κ3) is 4.07. The zero-order valence-electron chi connectivity index (χ0n) is 9.90. The van der Waals surface area contributed by atoms with Crippen LogP contribution in [0.2, 0.25) is 0 Å². The van der Waals surface area contributed by atoms with Gasteiger partial charge in [0.05, 0.1) is 0 Å². The second kappa shape index (κ2) is 5.19. The fourth-order valence-electron chi connectivity index (χ4n) is 1.19. The van der Waals surface area contributed by atoms with E-state index in [-0.39, 0.29) is 5.60 Å². The molecule has 0 saturated heterocycles. The van der Waals surface area contributed by atoms with Gasteiger partial charge in [0.25, 0.3) is 0 Å². The van der Waals surface area contributed by atoms with Crippen LogP contribution in [0.25, 0.3) is 0 Å². The molecule has 1 aromatic carbocycles. The summed E-state index contributed by atoms with van der Waals surface area (Å²) in [5.74, 6) is 0.127. The number of nitrogens with zero attached hydrogens (tertiary/aromatic N) is 1. The van der Waals surface area contributed by atoms with Gasteiger partial charge >= 0.3 is 0 Å². The molecular formula is C12H14ClNO3. The van der Waals surface area contributed by atoms with E-state index in [1.54, 1.807) is 24.3 Å². The number of benzene rings is 1. The molecule has 0 saturated carbocycles. The lowest BCUT2D eigenvalue weighted by molar-refractivity contribution is 0.106. The van der Waals surface area contributed by atoms with Crippen LogP contribution in [0.5, 0.6) is 5.75 Å². The Morgan fingerprint density at radius 3 is 2.24 bits per heavy atom. The quantitative estimate of drug-likeness (QED) is 0.391. The number of ether oxygens (including phenoxy) is 1. The molecule has 0 aliphatic rings. The first-order valence-electron chi connectivity index (χ1n) is 5.05. The number of carbonyl (C=O) groups excluding carboxylic acids is 1. The molecule has 0 bridgehead atoms. The van der Waals surface area contributed by atoms with Gasteiger partial charge in [0.15, 0.2) is 0 Å². The molecule has 1 aromatic rings. The van der Waals surface area contributed by atoms with Crippen molar-refractivity contribution >= 4 is 22.6 Å². The Labute approximate surface area is 105 Å². The Bertz CT molecular complexity index is 432. The van der Waals surface area contributed by atoms with Crippen LogP contribution < -0.4 is 4.74 Å². The zero-order valence-corrected chi connectivity index (χ0v) is 10.7. The van der Waals surface area contributed by atoms with Crippen molar-refractivity contribution in [2.75, 3.05) is 0 Å². The van der Waals surface area contributed by atoms with E-state index in [0.29, 0.717) is 11.3 Å². The van der Waals surface area contributed by atoms with Crippen LogP contribution in [0.1, 0.15) is 31.1 Å². The lowest BCUT2D eigenvalue weighted by atomic mass is 10.1. The van der Waals surface area contributed by atoms with E-state index in [2.05, 4.69) is 5.16 Å². The predicted octanol–water partition coefficient (Wildman–Crippen LogP) is 3.07. The van der Waals surface area contributed by atoms with Gasteiger partial charge < -0.3 is 9.94 Å². The Kier molecular flexibility index (Phi) is 4.12. The average molecular weight is 256 g/mol. The van der Waals surface area contributed by atoms with E-state index in [1.807, 2.05) is 20.8 Å². The fraction of sp³-hybridized carbons (Fsp3) is 0.333. The molecule has 4 nitrogen and oxygen atoms in total. The molecule has 0 heterocycles. The van der Waals surface area contributed by atoms with Crippen LogP contribution in [0.3, 0.4) is 0 Å². The molecule has 92 valence electrons. The van der Waals surface area contributed by atoms with Gasteiger partial charge in [-0.25, -0.2) is 0 Å². The van der Waals surface area contributed by atoms with Crippen molar-refractivity contribution in [3.63, 3.8) is 0 Å². The Morgan fingerprint density at radius 2 is 1.82 bits per heavy atom. The van der Waals surface area contributed by atoms with E-state index in [4.69, 9.17) is 21.5 Å². The highest BCUT2D eigenvalue weighted by molar-refractivity contribution is 6.84. The first kappa shape index (κ1) is 13.5. The van der Waals surface area contributed by atoms with Crippen LogP contribution in [0, 0.1) is 0 Å². The second-order valence-corrected chi connectivity index (χ2v) is 4.82. The SMILES string of the molecule is CC(C)(C)Oc1ccc(C(=O)/C(Cl)=N/O)cc1. The molecule has 17 heavy (non-hydrogen) atoms. The van der Waals surface area contributed by atoms with Crippen molar-refractivity contribution in [3.05, 3.63) is 29.8 Å². The minimum atomic E-state index is -0.531. The van der Waals surface area contributed by atoms with E-state index in [9.17, 15) is 4.79 Å². The molecule has 0 amide bonds. The van der Waals surface area contributed by atoms with Gasteiger partial charge in [-0.1, -0.05) is 16.8 Å². The first-order valence-corrected chi connectivity index (χ1v) is 5.42. The van der Waals surface area contributed by atoms with Crippen molar-refractivity contribution in [1.82, 2.24) is 0 Å². The summed E-state index contributed by atoms with van der Waals surface area (Å²) in [6, 6.07) is 6.47. The standard InChI is InChI=1S/C12H14ClNO3/c1-12(2,3)17-9-6-4-8(5-7-9)10(15)11(13)14-16/h4-7,16H,1-3H3/b14-11-. The maximum Gasteiger partial charge on any atom is 0.226 e. The summed E-state index contributed by atoms with van der Waals surface area (Å²) in [5.41, 5.74) is 0.0458. The summed E-state index contributed by atoms with van der Waals surface area (Å²) >= 11 is 5.42. The molecule has 0 fully saturated rings. The Hall–Kier alpha value is -1.55. The van der Waals surface area contributed by atoms with Gasteiger partial charge in [-0.05, 0) is 45.0 Å². The van der Waals surface area contributed by atoms with E-state index in [0.717, 1.165) is 0 Å².